The minimum atomic E-state index is -0.658. The maximum Gasteiger partial charge on any atom is 0.317 e. The molecular weight excluding hydrogens is 352 g/mol. The third-order valence-electron chi connectivity index (χ3n) is 5.27. The highest BCUT2D eigenvalue weighted by Gasteiger charge is 2.28. The fourth-order valence-corrected chi connectivity index (χ4v) is 4.88. The van der Waals surface area contributed by atoms with Gasteiger partial charge in [0.25, 0.3) is 0 Å². The quantitative estimate of drug-likeness (QED) is 0.216. The highest BCUT2D eigenvalue weighted by molar-refractivity contribution is 8.00. The Labute approximate surface area is 171 Å². The molecule has 1 aromatic rings. The highest BCUT2D eigenvalue weighted by atomic mass is 32.2. The number of rotatable bonds is 17. The summed E-state index contributed by atoms with van der Waals surface area (Å²) in [7, 11) is 0. The molecule has 2 atom stereocenters. The van der Waals surface area contributed by atoms with E-state index in [1.54, 1.807) is 0 Å². The summed E-state index contributed by atoms with van der Waals surface area (Å²) >= 11 is 1.53. The second-order valence-electron chi connectivity index (χ2n) is 7.71. The normalized spacial score (nSPS) is 13.4. The smallest absolute Gasteiger partial charge is 0.317 e. The van der Waals surface area contributed by atoms with Crippen LogP contribution in [0, 0.1) is 5.92 Å². The Hall–Kier alpha value is -0.960. The molecule has 0 amide bonds. The van der Waals surface area contributed by atoms with Crippen molar-refractivity contribution in [2.45, 2.75) is 107 Å². The first-order valence-corrected chi connectivity index (χ1v) is 12.0. The van der Waals surface area contributed by atoms with E-state index in [1.807, 2.05) is 30.3 Å². The van der Waals surface area contributed by atoms with Crippen LogP contribution >= 0.6 is 11.8 Å². The second-order valence-corrected chi connectivity index (χ2v) is 8.92. The van der Waals surface area contributed by atoms with Gasteiger partial charge in [-0.15, -0.1) is 11.8 Å². The van der Waals surface area contributed by atoms with Crippen LogP contribution in [-0.2, 0) is 4.79 Å². The lowest BCUT2D eigenvalue weighted by Gasteiger charge is -2.23. The first kappa shape index (κ1) is 24.1. The largest absolute Gasteiger partial charge is 0.480 e. The zero-order valence-corrected chi connectivity index (χ0v) is 18.3. The average molecular weight is 393 g/mol. The minimum Gasteiger partial charge on any atom is -0.480 e. The van der Waals surface area contributed by atoms with Gasteiger partial charge in [0.2, 0.25) is 0 Å². The van der Waals surface area contributed by atoms with Crippen molar-refractivity contribution in [2.24, 2.45) is 5.92 Å². The standard InChI is InChI=1S/C24H40O2S/c1-3-5-6-7-8-9-10-11-12-14-18-21(17-4-2)23(24(25)26)27-22-19-15-13-16-20-22/h13,15-16,19-21,23H,3-12,14,17-18H2,1-2H3,(H,25,26). The predicted octanol–water partition coefficient (Wildman–Crippen LogP) is 7.96. The van der Waals surface area contributed by atoms with E-state index < -0.39 is 5.97 Å². The van der Waals surface area contributed by atoms with Gasteiger partial charge in [0.15, 0.2) is 0 Å². The van der Waals surface area contributed by atoms with Gasteiger partial charge in [-0.1, -0.05) is 103 Å². The Morgan fingerprint density at radius 2 is 1.37 bits per heavy atom. The molecule has 27 heavy (non-hydrogen) atoms. The monoisotopic (exact) mass is 392 g/mol. The first-order valence-electron chi connectivity index (χ1n) is 11.1. The van der Waals surface area contributed by atoms with E-state index in [2.05, 4.69) is 13.8 Å². The van der Waals surface area contributed by atoms with E-state index in [0.717, 1.165) is 24.2 Å². The Morgan fingerprint density at radius 1 is 0.815 bits per heavy atom. The molecule has 0 aromatic heterocycles. The van der Waals surface area contributed by atoms with E-state index in [1.165, 1.54) is 76.0 Å². The summed E-state index contributed by atoms with van der Waals surface area (Å²) in [5.41, 5.74) is 0. The molecule has 0 fully saturated rings. The third kappa shape index (κ3) is 11.5. The molecule has 0 radical (unpaired) electrons. The van der Waals surface area contributed by atoms with Gasteiger partial charge < -0.3 is 5.11 Å². The van der Waals surface area contributed by atoms with Crippen molar-refractivity contribution >= 4 is 17.7 Å². The van der Waals surface area contributed by atoms with E-state index in [-0.39, 0.29) is 11.2 Å². The number of thioether (sulfide) groups is 1. The fourth-order valence-electron chi connectivity index (χ4n) is 3.71. The van der Waals surface area contributed by atoms with Crippen LogP contribution in [-0.4, -0.2) is 16.3 Å². The molecule has 3 heteroatoms. The van der Waals surface area contributed by atoms with Gasteiger partial charge in [0.05, 0.1) is 0 Å². The van der Waals surface area contributed by atoms with Crippen molar-refractivity contribution < 1.29 is 9.90 Å². The van der Waals surface area contributed by atoms with Crippen molar-refractivity contribution in [1.29, 1.82) is 0 Å². The third-order valence-corrected chi connectivity index (χ3v) is 6.65. The van der Waals surface area contributed by atoms with Crippen molar-refractivity contribution in [3.63, 3.8) is 0 Å². The summed E-state index contributed by atoms with van der Waals surface area (Å²) in [6.45, 7) is 4.43. The number of hydrogen-bond donors (Lipinski definition) is 1. The Morgan fingerprint density at radius 3 is 1.89 bits per heavy atom. The van der Waals surface area contributed by atoms with Gasteiger partial charge in [0.1, 0.15) is 5.25 Å². The van der Waals surface area contributed by atoms with E-state index in [9.17, 15) is 9.90 Å². The average Bonchev–Trinajstić information content (AvgIpc) is 2.67. The number of carboxylic acid groups (broad SMARTS) is 1. The van der Waals surface area contributed by atoms with Gasteiger partial charge in [-0.05, 0) is 30.9 Å². The first-order chi connectivity index (χ1) is 13.2. The summed E-state index contributed by atoms with van der Waals surface area (Å²) in [6, 6.07) is 9.98. The molecule has 2 nitrogen and oxygen atoms in total. The molecule has 0 aliphatic carbocycles. The molecule has 1 rings (SSSR count). The van der Waals surface area contributed by atoms with Crippen molar-refractivity contribution in [3.8, 4) is 0 Å². The van der Waals surface area contributed by atoms with Crippen LogP contribution in [0.25, 0.3) is 0 Å². The molecule has 2 unspecified atom stereocenters. The van der Waals surface area contributed by atoms with E-state index in [0.29, 0.717) is 0 Å². The lowest BCUT2D eigenvalue weighted by Crippen LogP contribution is -2.26. The molecule has 154 valence electrons. The Bertz CT molecular complexity index is 475. The number of benzene rings is 1. The molecule has 1 aromatic carbocycles. The van der Waals surface area contributed by atoms with Crippen molar-refractivity contribution in [2.75, 3.05) is 0 Å². The number of aliphatic carboxylic acids is 1. The van der Waals surface area contributed by atoms with Gasteiger partial charge in [0, 0.05) is 4.90 Å². The predicted molar refractivity (Wildman–Crippen MR) is 119 cm³/mol. The van der Waals surface area contributed by atoms with Gasteiger partial charge >= 0.3 is 5.97 Å². The van der Waals surface area contributed by atoms with Crippen LogP contribution in [0.2, 0.25) is 0 Å². The van der Waals surface area contributed by atoms with Crippen LogP contribution < -0.4 is 0 Å². The number of hydrogen-bond acceptors (Lipinski definition) is 2. The molecular formula is C24H40O2S. The summed E-state index contributed by atoms with van der Waals surface area (Å²) in [4.78, 5) is 12.9. The fraction of sp³-hybridized carbons (Fsp3) is 0.708. The molecule has 0 aliphatic heterocycles. The summed E-state index contributed by atoms with van der Waals surface area (Å²) in [5.74, 6) is -0.388. The second kappa shape index (κ2) is 16.0. The van der Waals surface area contributed by atoms with Gasteiger partial charge in [-0.2, -0.15) is 0 Å². The topological polar surface area (TPSA) is 37.3 Å². The summed E-state index contributed by atoms with van der Waals surface area (Å²) < 4.78 is 0. The van der Waals surface area contributed by atoms with Gasteiger partial charge in [-0.3, -0.25) is 4.79 Å². The Balaban J connectivity index is 2.31. The molecule has 0 saturated carbocycles. The van der Waals surface area contributed by atoms with Crippen LogP contribution in [0.3, 0.4) is 0 Å². The van der Waals surface area contributed by atoms with Crippen LogP contribution in [0.1, 0.15) is 97.3 Å². The minimum absolute atomic E-state index is 0.270. The molecule has 0 aliphatic rings. The molecule has 0 spiro atoms. The number of unbranched alkanes of at least 4 members (excludes halogenated alkanes) is 9. The summed E-state index contributed by atoms with van der Waals surface area (Å²) in [5, 5.41) is 9.44. The maximum atomic E-state index is 11.9. The molecule has 1 N–H and O–H groups in total. The number of carbonyl (C=O) groups is 1. The molecule has 0 heterocycles. The zero-order chi connectivity index (χ0) is 19.7. The number of carboxylic acids is 1. The van der Waals surface area contributed by atoms with Crippen LogP contribution in [0.15, 0.2) is 35.2 Å². The zero-order valence-electron chi connectivity index (χ0n) is 17.5. The molecule has 0 saturated heterocycles. The maximum absolute atomic E-state index is 11.9. The lowest BCUT2D eigenvalue weighted by molar-refractivity contribution is -0.137. The van der Waals surface area contributed by atoms with Crippen molar-refractivity contribution in [1.82, 2.24) is 0 Å². The summed E-state index contributed by atoms with van der Waals surface area (Å²) in [6.07, 6.45) is 16.4. The van der Waals surface area contributed by atoms with Crippen LogP contribution in [0.4, 0.5) is 0 Å². The van der Waals surface area contributed by atoms with Crippen LogP contribution in [0.5, 0.6) is 0 Å². The van der Waals surface area contributed by atoms with Crippen molar-refractivity contribution in [3.05, 3.63) is 30.3 Å². The van der Waals surface area contributed by atoms with E-state index in [4.69, 9.17) is 0 Å². The van der Waals surface area contributed by atoms with Gasteiger partial charge in [-0.25, -0.2) is 0 Å². The lowest BCUT2D eigenvalue weighted by atomic mass is 9.92. The Kier molecular flexibility index (Phi) is 14.3. The van der Waals surface area contributed by atoms with E-state index >= 15 is 0 Å². The highest BCUT2D eigenvalue weighted by Crippen LogP contribution is 2.33. The molecule has 0 bridgehead atoms. The SMILES string of the molecule is CCCCCCCCCCCCC(CCC)C(Sc1ccccc1)C(=O)O.